The largest absolute Gasteiger partial charge is 0.481 e. The molecule has 1 heterocycles. The molecular weight excluding hydrogens is 312 g/mol. The maximum Gasteiger partial charge on any atom is 0.306 e. The highest BCUT2D eigenvalue weighted by atomic mass is 32.2. The van der Waals surface area contributed by atoms with Crippen LogP contribution >= 0.6 is 0 Å². The fraction of sp³-hybridized carbons (Fsp3) is 0.538. The molecule has 1 aromatic heterocycles. The summed E-state index contributed by atoms with van der Waals surface area (Å²) < 4.78 is 29.8. The van der Waals surface area contributed by atoms with Crippen molar-refractivity contribution in [2.75, 3.05) is 14.1 Å². The maximum atomic E-state index is 12.0. The zero-order valence-corrected chi connectivity index (χ0v) is 13.1. The second-order valence-corrected chi connectivity index (χ2v) is 7.51. The average molecular weight is 330 g/mol. The zero-order chi connectivity index (χ0) is 16.5. The highest BCUT2D eigenvalue weighted by molar-refractivity contribution is 7.88. The molecule has 1 amide bonds. The summed E-state index contributed by atoms with van der Waals surface area (Å²) >= 11 is 0. The number of carbonyl (C=O) groups excluding carboxylic acids is 1. The molecule has 0 saturated heterocycles. The first-order valence-corrected chi connectivity index (χ1v) is 8.22. The molecule has 2 atom stereocenters. The number of hydrogen-bond acceptors (Lipinski definition) is 5. The number of sulfonamides is 1. The molecular formula is C13H18N2O6S. The molecule has 22 heavy (non-hydrogen) atoms. The van der Waals surface area contributed by atoms with Crippen LogP contribution in [0.25, 0.3) is 0 Å². The Kier molecular flexibility index (Phi) is 4.57. The van der Waals surface area contributed by atoms with Crippen LogP contribution in [0.15, 0.2) is 21.6 Å². The predicted molar refractivity (Wildman–Crippen MR) is 75.8 cm³/mol. The van der Waals surface area contributed by atoms with Crippen LogP contribution in [-0.2, 0) is 14.8 Å². The topological polar surface area (TPSA) is 117 Å². The van der Waals surface area contributed by atoms with Crippen molar-refractivity contribution >= 4 is 21.9 Å². The molecule has 0 unspecified atom stereocenters. The van der Waals surface area contributed by atoms with E-state index >= 15 is 0 Å². The van der Waals surface area contributed by atoms with Crippen LogP contribution in [0.4, 0.5) is 0 Å². The Hall–Kier alpha value is -1.87. The Balaban J connectivity index is 2.03. The lowest BCUT2D eigenvalue weighted by Gasteiger charge is -2.11. The Labute approximate surface area is 128 Å². The second-order valence-electron chi connectivity index (χ2n) is 5.42. The molecule has 0 spiro atoms. The van der Waals surface area contributed by atoms with Crippen LogP contribution in [0.2, 0.25) is 0 Å². The average Bonchev–Trinajstić information content (AvgIpc) is 3.07. The van der Waals surface area contributed by atoms with Crippen molar-refractivity contribution in [3.8, 4) is 0 Å². The molecule has 0 aromatic carbocycles. The lowest BCUT2D eigenvalue weighted by atomic mass is 10.1. The number of nitrogens with zero attached hydrogens (tertiary/aromatic N) is 1. The van der Waals surface area contributed by atoms with Crippen LogP contribution < -0.4 is 5.32 Å². The van der Waals surface area contributed by atoms with E-state index in [-0.39, 0.29) is 16.9 Å². The quantitative estimate of drug-likeness (QED) is 0.812. The molecule has 0 radical (unpaired) electrons. The number of hydrogen-bond donors (Lipinski definition) is 2. The van der Waals surface area contributed by atoms with Gasteiger partial charge in [0.1, 0.15) is 0 Å². The van der Waals surface area contributed by atoms with E-state index in [4.69, 9.17) is 9.52 Å². The van der Waals surface area contributed by atoms with Crippen LogP contribution in [0.3, 0.4) is 0 Å². The van der Waals surface area contributed by atoms with Gasteiger partial charge in [0.15, 0.2) is 5.76 Å². The first-order valence-electron chi connectivity index (χ1n) is 6.78. The smallest absolute Gasteiger partial charge is 0.306 e. The minimum absolute atomic E-state index is 0.112. The van der Waals surface area contributed by atoms with Crippen LogP contribution in [0.5, 0.6) is 0 Å². The van der Waals surface area contributed by atoms with Crippen LogP contribution in [0, 0.1) is 5.92 Å². The van der Waals surface area contributed by atoms with E-state index in [9.17, 15) is 18.0 Å². The number of carboxylic acid groups (broad SMARTS) is 1. The minimum Gasteiger partial charge on any atom is -0.481 e. The Morgan fingerprint density at radius 1 is 1.32 bits per heavy atom. The fourth-order valence-corrected chi connectivity index (χ4v) is 3.15. The monoisotopic (exact) mass is 330 g/mol. The number of nitrogens with one attached hydrogen (secondary N) is 1. The number of rotatable bonds is 5. The van der Waals surface area contributed by atoms with Crippen LogP contribution in [0.1, 0.15) is 29.8 Å². The number of carbonyl (C=O) groups is 2. The summed E-state index contributed by atoms with van der Waals surface area (Å²) in [6.45, 7) is 0. The lowest BCUT2D eigenvalue weighted by Crippen LogP contribution is -2.33. The molecule has 0 bridgehead atoms. The normalized spacial score (nSPS) is 22.0. The Morgan fingerprint density at radius 2 is 2.00 bits per heavy atom. The van der Waals surface area contributed by atoms with Crippen molar-refractivity contribution in [1.29, 1.82) is 0 Å². The zero-order valence-electron chi connectivity index (χ0n) is 12.3. The summed E-state index contributed by atoms with van der Waals surface area (Å²) in [6.07, 6.45) is 1.45. The Morgan fingerprint density at radius 3 is 2.55 bits per heavy atom. The van der Waals surface area contributed by atoms with E-state index in [1.165, 1.54) is 26.2 Å². The van der Waals surface area contributed by atoms with Gasteiger partial charge in [0.05, 0.1) is 5.92 Å². The van der Waals surface area contributed by atoms with E-state index in [1.807, 2.05) is 0 Å². The van der Waals surface area contributed by atoms with E-state index in [1.54, 1.807) is 0 Å². The summed E-state index contributed by atoms with van der Waals surface area (Å²) in [4.78, 5) is 22.9. The molecule has 9 heteroatoms. The lowest BCUT2D eigenvalue weighted by molar-refractivity contribution is -0.141. The first-order chi connectivity index (χ1) is 10.2. The summed E-state index contributed by atoms with van der Waals surface area (Å²) in [6, 6.07) is 2.27. The van der Waals surface area contributed by atoms with Gasteiger partial charge in [-0.3, -0.25) is 9.59 Å². The minimum atomic E-state index is -3.73. The molecule has 122 valence electrons. The van der Waals surface area contributed by atoms with E-state index in [0.717, 1.165) is 4.31 Å². The molecule has 0 aliphatic heterocycles. The third-order valence-corrected chi connectivity index (χ3v) is 5.35. The third kappa shape index (κ3) is 3.30. The highest BCUT2D eigenvalue weighted by Gasteiger charge is 2.31. The molecule has 1 aromatic rings. The van der Waals surface area contributed by atoms with Gasteiger partial charge in [-0.15, -0.1) is 0 Å². The molecule has 1 aliphatic rings. The summed E-state index contributed by atoms with van der Waals surface area (Å²) in [5, 5.41) is 11.3. The van der Waals surface area contributed by atoms with Crippen molar-refractivity contribution in [2.24, 2.45) is 5.92 Å². The maximum absolute atomic E-state index is 12.0. The number of furan rings is 1. The molecule has 1 aliphatic carbocycles. The van der Waals surface area contributed by atoms with Gasteiger partial charge in [0, 0.05) is 20.1 Å². The molecule has 1 saturated carbocycles. The predicted octanol–water partition coefficient (Wildman–Crippen LogP) is 0.513. The Bertz CT molecular complexity index is 678. The van der Waals surface area contributed by atoms with Gasteiger partial charge in [-0.25, -0.2) is 12.7 Å². The summed E-state index contributed by atoms with van der Waals surface area (Å²) in [5.41, 5.74) is 0. The third-order valence-electron chi connectivity index (χ3n) is 3.66. The standard InChI is InChI=1S/C13H18N2O6S/c1-15(2)22(19,20)11-6-5-10(21-11)12(16)14-9-4-3-8(7-9)13(17)18/h5-6,8-9H,3-4,7H2,1-2H3,(H,14,16)(H,17,18)/t8-,9+/m0/s1. The van der Waals surface area contributed by atoms with Gasteiger partial charge in [0.25, 0.3) is 15.9 Å². The molecule has 2 rings (SSSR count). The summed E-state index contributed by atoms with van der Waals surface area (Å²) in [5.74, 6) is -1.98. The van der Waals surface area contributed by atoms with Crippen LogP contribution in [-0.4, -0.2) is 49.8 Å². The van der Waals surface area contributed by atoms with E-state index in [2.05, 4.69) is 5.32 Å². The van der Waals surface area contributed by atoms with Crippen molar-refractivity contribution in [3.63, 3.8) is 0 Å². The van der Waals surface area contributed by atoms with Gasteiger partial charge in [-0.05, 0) is 31.4 Å². The van der Waals surface area contributed by atoms with Crippen molar-refractivity contribution in [2.45, 2.75) is 30.4 Å². The van der Waals surface area contributed by atoms with Crippen molar-refractivity contribution in [1.82, 2.24) is 9.62 Å². The highest BCUT2D eigenvalue weighted by Crippen LogP contribution is 2.26. The molecule has 2 N–H and O–H groups in total. The molecule has 1 fully saturated rings. The van der Waals surface area contributed by atoms with Gasteiger partial charge < -0.3 is 14.8 Å². The fourth-order valence-electron chi connectivity index (χ4n) is 2.35. The van der Waals surface area contributed by atoms with Gasteiger partial charge in [-0.2, -0.15) is 0 Å². The van der Waals surface area contributed by atoms with E-state index in [0.29, 0.717) is 19.3 Å². The SMILES string of the molecule is CN(C)S(=O)(=O)c1ccc(C(=O)N[C@@H]2CC[C@H](C(=O)O)C2)o1. The number of amides is 1. The van der Waals surface area contributed by atoms with Crippen molar-refractivity contribution in [3.05, 3.63) is 17.9 Å². The second kappa shape index (κ2) is 6.09. The first kappa shape index (κ1) is 16.5. The summed E-state index contributed by atoms with van der Waals surface area (Å²) in [7, 11) is -1.00. The van der Waals surface area contributed by atoms with E-state index < -0.39 is 27.8 Å². The van der Waals surface area contributed by atoms with Gasteiger partial charge in [-0.1, -0.05) is 0 Å². The number of aliphatic carboxylic acids is 1. The molecule has 8 nitrogen and oxygen atoms in total. The van der Waals surface area contributed by atoms with Gasteiger partial charge in [0.2, 0.25) is 5.09 Å². The van der Waals surface area contributed by atoms with Crippen molar-refractivity contribution < 1.29 is 27.5 Å². The number of carboxylic acids is 1. The van der Waals surface area contributed by atoms with Gasteiger partial charge >= 0.3 is 5.97 Å².